The van der Waals surface area contributed by atoms with Gasteiger partial charge in [0.05, 0.1) is 11.8 Å². The van der Waals surface area contributed by atoms with Gasteiger partial charge in [0.15, 0.2) is 0 Å². The van der Waals surface area contributed by atoms with Gasteiger partial charge in [0.2, 0.25) is 0 Å². The summed E-state index contributed by atoms with van der Waals surface area (Å²) in [6, 6.07) is 8.97. The Balaban J connectivity index is 1.89. The third-order valence-electron chi connectivity index (χ3n) is 2.83. The Kier molecular flexibility index (Phi) is 4.61. The SMILES string of the molecule is O=C(O)c1cccc(CCNC(=O)c2ccc(F)cn2)c1. The third kappa shape index (κ3) is 4.10. The van der Waals surface area contributed by atoms with Gasteiger partial charge in [-0.25, -0.2) is 14.2 Å². The second-order valence-corrected chi connectivity index (χ2v) is 4.37. The third-order valence-corrected chi connectivity index (χ3v) is 2.83. The van der Waals surface area contributed by atoms with E-state index in [1.54, 1.807) is 18.2 Å². The van der Waals surface area contributed by atoms with E-state index in [1.807, 2.05) is 0 Å². The van der Waals surface area contributed by atoms with Crippen LogP contribution in [0, 0.1) is 5.82 Å². The predicted octanol–water partition coefficient (Wildman–Crippen LogP) is 1.89. The lowest BCUT2D eigenvalue weighted by molar-refractivity contribution is 0.0696. The molecule has 0 fully saturated rings. The lowest BCUT2D eigenvalue weighted by atomic mass is 10.1. The van der Waals surface area contributed by atoms with Crippen molar-refractivity contribution in [2.45, 2.75) is 6.42 Å². The van der Waals surface area contributed by atoms with Gasteiger partial charge in [0.1, 0.15) is 11.5 Å². The Morgan fingerprint density at radius 2 is 2.05 bits per heavy atom. The van der Waals surface area contributed by atoms with Crippen LogP contribution in [-0.4, -0.2) is 28.5 Å². The van der Waals surface area contributed by atoms with E-state index in [0.29, 0.717) is 13.0 Å². The van der Waals surface area contributed by atoms with E-state index >= 15 is 0 Å². The summed E-state index contributed by atoms with van der Waals surface area (Å²) in [6.07, 6.45) is 1.47. The number of amides is 1. The minimum atomic E-state index is -0.989. The van der Waals surface area contributed by atoms with Crippen LogP contribution < -0.4 is 5.32 Å². The van der Waals surface area contributed by atoms with Crippen molar-refractivity contribution in [3.63, 3.8) is 0 Å². The summed E-state index contributed by atoms with van der Waals surface area (Å²) in [5, 5.41) is 11.5. The topological polar surface area (TPSA) is 79.3 Å². The van der Waals surface area contributed by atoms with E-state index in [9.17, 15) is 14.0 Å². The van der Waals surface area contributed by atoms with E-state index < -0.39 is 17.7 Å². The molecular weight excluding hydrogens is 275 g/mol. The molecule has 0 aliphatic rings. The second-order valence-electron chi connectivity index (χ2n) is 4.37. The van der Waals surface area contributed by atoms with Gasteiger partial charge in [-0.05, 0) is 36.2 Å². The minimum absolute atomic E-state index is 0.135. The smallest absolute Gasteiger partial charge is 0.335 e. The molecule has 1 aromatic heterocycles. The number of hydrogen-bond acceptors (Lipinski definition) is 3. The number of aromatic nitrogens is 1. The van der Waals surface area contributed by atoms with E-state index in [0.717, 1.165) is 17.8 Å². The average molecular weight is 288 g/mol. The average Bonchev–Trinajstić information content (AvgIpc) is 2.48. The molecule has 0 saturated carbocycles. The van der Waals surface area contributed by atoms with E-state index in [1.165, 1.54) is 12.1 Å². The molecule has 21 heavy (non-hydrogen) atoms. The number of nitrogens with zero attached hydrogens (tertiary/aromatic N) is 1. The number of halogens is 1. The van der Waals surface area contributed by atoms with Crippen LogP contribution in [-0.2, 0) is 6.42 Å². The molecule has 108 valence electrons. The standard InChI is InChI=1S/C15H13FN2O3/c16-12-4-5-13(18-9-12)14(19)17-7-6-10-2-1-3-11(8-10)15(20)21/h1-5,8-9H,6-7H2,(H,17,19)(H,20,21). The number of carboxylic acid groups (broad SMARTS) is 1. The maximum atomic E-state index is 12.7. The zero-order chi connectivity index (χ0) is 15.2. The molecule has 2 rings (SSSR count). The Labute approximate surface area is 120 Å². The number of aromatic carboxylic acids is 1. The Morgan fingerprint density at radius 1 is 1.24 bits per heavy atom. The van der Waals surface area contributed by atoms with Crippen LogP contribution in [0.2, 0.25) is 0 Å². The predicted molar refractivity (Wildman–Crippen MR) is 73.6 cm³/mol. The molecule has 0 unspecified atom stereocenters. The van der Waals surface area contributed by atoms with Crippen LogP contribution in [0.25, 0.3) is 0 Å². The van der Waals surface area contributed by atoms with Gasteiger partial charge >= 0.3 is 5.97 Å². The molecule has 5 nitrogen and oxygen atoms in total. The van der Waals surface area contributed by atoms with Crippen molar-refractivity contribution in [2.75, 3.05) is 6.54 Å². The van der Waals surface area contributed by atoms with Crippen LogP contribution in [0.1, 0.15) is 26.4 Å². The van der Waals surface area contributed by atoms with Gasteiger partial charge < -0.3 is 10.4 Å². The number of carbonyl (C=O) groups excluding carboxylic acids is 1. The Morgan fingerprint density at radius 3 is 2.71 bits per heavy atom. The zero-order valence-corrected chi connectivity index (χ0v) is 11.0. The van der Waals surface area contributed by atoms with E-state index in [-0.39, 0.29) is 11.3 Å². The first-order valence-corrected chi connectivity index (χ1v) is 6.28. The summed E-state index contributed by atoms with van der Waals surface area (Å²) in [6.45, 7) is 0.334. The largest absolute Gasteiger partial charge is 0.478 e. The van der Waals surface area contributed by atoms with Crippen LogP contribution in [0.3, 0.4) is 0 Å². The van der Waals surface area contributed by atoms with Crippen LogP contribution in [0.15, 0.2) is 42.6 Å². The molecule has 6 heteroatoms. The second kappa shape index (κ2) is 6.60. The highest BCUT2D eigenvalue weighted by Crippen LogP contribution is 2.06. The van der Waals surface area contributed by atoms with Crippen molar-refractivity contribution in [3.05, 3.63) is 65.2 Å². The maximum absolute atomic E-state index is 12.7. The molecule has 0 aliphatic heterocycles. The van der Waals surface area contributed by atoms with Crippen LogP contribution in [0.5, 0.6) is 0 Å². The first-order valence-electron chi connectivity index (χ1n) is 6.28. The molecule has 0 atom stereocenters. The molecule has 0 spiro atoms. The first-order chi connectivity index (χ1) is 10.1. The summed E-state index contributed by atoms with van der Waals surface area (Å²) >= 11 is 0. The van der Waals surface area contributed by atoms with Crippen molar-refractivity contribution in [1.29, 1.82) is 0 Å². The molecule has 1 amide bonds. The zero-order valence-electron chi connectivity index (χ0n) is 11.0. The summed E-state index contributed by atoms with van der Waals surface area (Å²) in [4.78, 5) is 26.2. The van der Waals surface area contributed by atoms with E-state index in [2.05, 4.69) is 10.3 Å². The van der Waals surface area contributed by atoms with Crippen LogP contribution in [0.4, 0.5) is 4.39 Å². The normalized spacial score (nSPS) is 10.1. The summed E-state index contributed by atoms with van der Waals surface area (Å²) in [7, 11) is 0. The Bertz CT molecular complexity index is 656. The van der Waals surface area contributed by atoms with Crippen molar-refractivity contribution in [1.82, 2.24) is 10.3 Å². The monoisotopic (exact) mass is 288 g/mol. The number of nitrogens with one attached hydrogen (secondary N) is 1. The van der Waals surface area contributed by atoms with Crippen LogP contribution >= 0.6 is 0 Å². The van der Waals surface area contributed by atoms with Gasteiger partial charge in [0, 0.05) is 6.54 Å². The quantitative estimate of drug-likeness (QED) is 0.880. The highest BCUT2D eigenvalue weighted by molar-refractivity contribution is 5.92. The molecule has 0 saturated heterocycles. The number of benzene rings is 1. The lowest BCUT2D eigenvalue weighted by Gasteiger charge is -2.05. The molecule has 0 aliphatic carbocycles. The van der Waals surface area contributed by atoms with Gasteiger partial charge in [-0.2, -0.15) is 0 Å². The minimum Gasteiger partial charge on any atom is -0.478 e. The number of carboxylic acids is 1. The number of pyridine rings is 1. The molecule has 1 aromatic carbocycles. The maximum Gasteiger partial charge on any atom is 0.335 e. The fraction of sp³-hybridized carbons (Fsp3) is 0.133. The van der Waals surface area contributed by atoms with Gasteiger partial charge in [0.25, 0.3) is 5.91 Å². The Hall–Kier alpha value is -2.76. The molecule has 2 N–H and O–H groups in total. The van der Waals surface area contributed by atoms with Crippen molar-refractivity contribution in [3.8, 4) is 0 Å². The van der Waals surface area contributed by atoms with Gasteiger partial charge in [-0.1, -0.05) is 12.1 Å². The molecule has 2 aromatic rings. The lowest BCUT2D eigenvalue weighted by Crippen LogP contribution is -2.26. The van der Waals surface area contributed by atoms with Crippen molar-refractivity contribution < 1.29 is 19.1 Å². The molecule has 0 bridgehead atoms. The highest BCUT2D eigenvalue weighted by Gasteiger charge is 2.07. The first kappa shape index (κ1) is 14.6. The van der Waals surface area contributed by atoms with Crippen molar-refractivity contribution in [2.24, 2.45) is 0 Å². The summed E-state index contributed by atoms with van der Waals surface area (Å²) in [5.41, 5.74) is 1.15. The summed E-state index contributed by atoms with van der Waals surface area (Å²) in [5.74, 6) is -1.89. The van der Waals surface area contributed by atoms with Crippen molar-refractivity contribution >= 4 is 11.9 Å². The fourth-order valence-corrected chi connectivity index (χ4v) is 1.78. The summed E-state index contributed by atoms with van der Waals surface area (Å²) < 4.78 is 12.7. The number of hydrogen-bond donors (Lipinski definition) is 2. The highest BCUT2D eigenvalue weighted by atomic mass is 19.1. The molecule has 1 heterocycles. The fourth-order valence-electron chi connectivity index (χ4n) is 1.78. The van der Waals surface area contributed by atoms with Gasteiger partial charge in [-0.3, -0.25) is 4.79 Å². The number of carbonyl (C=O) groups is 2. The number of rotatable bonds is 5. The van der Waals surface area contributed by atoms with Gasteiger partial charge in [-0.15, -0.1) is 0 Å². The molecular formula is C15H13FN2O3. The molecule has 0 radical (unpaired) electrons. The van der Waals surface area contributed by atoms with E-state index in [4.69, 9.17) is 5.11 Å².